The van der Waals surface area contributed by atoms with Gasteiger partial charge in [0.15, 0.2) is 11.5 Å². The van der Waals surface area contributed by atoms with Crippen LogP contribution in [-0.4, -0.2) is 4.98 Å². The van der Waals surface area contributed by atoms with Crippen LogP contribution in [0.3, 0.4) is 0 Å². The van der Waals surface area contributed by atoms with Crippen LogP contribution in [0.4, 0.5) is 0 Å². The molecule has 0 saturated carbocycles. The molecule has 0 aliphatic carbocycles. The molecule has 2 aliphatic rings. The molecule has 1 N–H and O–H groups in total. The lowest BCUT2D eigenvalue weighted by molar-refractivity contribution is 0.382. The number of hydrogen-bond donors (Lipinski definition) is 1. The van der Waals surface area contributed by atoms with Crippen molar-refractivity contribution in [1.82, 2.24) is 4.98 Å². The van der Waals surface area contributed by atoms with Gasteiger partial charge in [0.05, 0.1) is 22.2 Å². The van der Waals surface area contributed by atoms with E-state index in [0.29, 0.717) is 11.5 Å². The summed E-state index contributed by atoms with van der Waals surface area (Å²) in [6.07, 6.45) is 0. The van der Waals surface area contributed by atoms with E-state index in [1.807, 2.05) is 12.1 Å². The topological polar surface area (TPSA) is 34.2 Å². The highest BCUT2D eigenvalue weighted by molar-refractivity contribution is 5.77. The number of para-hydroxylation sites is 2. The highest BCUT2D eigenvalue weighted by atomic mass is 16.5. The van der Waals surface area contributed by atoms with Crippen LogP contribution in [0.25, 0.3) is 0 Å². The maximum absolute atomic E-state index is 6.94. The van der Waals surface area contributed by atoms with E-state index in [-0.39, 0.29) is 0 Å². The fourth-order valence-electron chi connectivity index (χ4n) is 7.69. The number of H-pyrrole nitrogens is 1. The van der Waals surface area contributed by atoms with Crippen LogP contribution in [0.5, 0.6) is 23.0 Å². The first-order valence-electron chi connectivity index (χ1n) is 15.4. The number of hydrogen-bond acceptors (Lipinski definition) is 2. The normalized spacial score (nSPS) is 14.9. The Morgan fingerprint density at radius 2 is 0.622 bits per heavy atom. The standard InChI is InChI=1S/C42H29NO2/c1-5-17-29(18-6-1)41(30-19-7-2-8-20-30)33-25-13-15-27-35(33)44-37-38-40(43-39(37)41)42(31-21-9-3-10-22-31,32-23-11-4-12-24-32)34-26-14-16-28-36(34)45-38/h1-28,43H. The summed E-state index contributed by atoms with van der Waals surface area (Å²) < 4.78 is 13.9. The van der Waals surface area contributed by atoms with Gasteiger partial charge in [0.2, 0.25) is 0 Å². The molecule has 9 rings (SSSR count). The summed E-state index contributed by atoms with van der Waals surface area (Å²) in [6, 6.07) is 59.8. The van der Waals surface area contributed by atoms with E-state index < -0.39 is 10.8 Å². The molecule has 3 heterocycles. The maximum Gasteiger partial charge on any atom is 0.192 e. The number of rotatable bonds is 4. The van der Waals surface area contributed by atoms with Gasteiger partial charge in [0.1, 0.15) is 11.5 Å². The second-order valence-corrected chi connectivity index (χ2v) is 11.7. The molecule has 3 nitrogen and oxygen atoms in total. The Bertz CT molecular complexity index is 1920. The van der Waals surface area contributed by atoms with Crippen LogP contribution in [-0.2, 0) is 10.8 Å². The van der Waals surface area contributed by atoms with E-state index in [9.17, 15) is 0 Å². The van der Waals surface area contributed by atoms with Gasteiger partial charge in [0, 0.05) is 11.1 Å². The van der Waals surface area contributed by atoms with Crippen molar-refractivity contribution in [3.63, 3.8) is 0 Å². The van der Waals surface area contributed by atoms with Gasteiger partial charge in [-0.2, -0.15) is 0 Å². The molecule has 3 heteroatoms. The second kappa shape index (κ2) is 9.87. The average Bonchev–Trinajstić information content (AvgIpc) is 3.49. The van der Waals surface area contributed by atoms with Crippen molar-refractivity contribution in [3.8, 4) is 23.0 Å². The lowest BCUT2D eigenvalue weighted by atomic mass is 9.66. The van der Waals surface area contributed by atoms with Crippen LogP contribution >= 0.6 is 0 Å². The molecule has 2 aliphatic heterocycles. The Morgan fingerprint density at radius 3 is 0.956 bits per heavy atom. The summed E-state index contributed by atoms with van der Waals surface area (Å²) >= 11 is 0. The molecule has 0 spiro atoms. The first-order chi connectivity index (χ1) is 22.3. The van der Waals surface area contributed by atoms with Crippen molar-refractivity contribution < 1.29 is 9.47 Å². The van der Waals surface area contributed by atoms with Crippen molar-refractivity contribution in [2.45, 2.75) is 10.8 Å². The number of nitrogens with one attached hydrogen (secondary N) is 1. The summed E-state index contributed by atoms with van der Waals surface area (Å²) in [5.41, 5.74) is 7.26. The number of benzene rings is 6. The Kier molecular flexibility index (Phi) is 5.63. The second-order valence-electron chi connectivity index (χ2n) is 11.7. The molecule has 6 aromatic carbocycles. The van der Waals surface area contributed by atoms with E-state index in [1.165, 1.54) is 0 Å². The molecule has 45 heavy (non-hydrogen) atoms. The molecular formula is C42H29NO2. The molecule has 214 valence electrons. The third kappa shape index (κ3) is 3.46. The molecule has 0 fully saturated rings. The molecule has 7 aromatic rings. The Labute approximate surface area is 262 Å². The minimum atomic E-state index is -0.696. The van der Waals surface area contributed by atoms with Crippen LogP contribution in [0, 0.1) is 0 Å². The predicted octanol–water partition coefficient (Wildman–Crippen LogP) is 9.99. The number of fused-ring (bicyclic) bond motifs is 5. The zero-order chi connectivity index (χ0) is 29.8. The van der Waals surface area contributed by atoms with Gasteiger partial charge in [0.25, 0.3) is 0 Å². The van der Waals surface area contributed by atoms with Gasteiger partial charge in [-0.3, -0.25) is 0 Å². The van der Waals surface area contributed by atoms with E-state index in [2.05, 4.69) is 163 Å². The first-order valence-corrected chi connectivity index (χ1v) is 15.4. The van der Waals surface area contributed by atoms with E-state index in [4.69, 9.17) is 9.47 Å². The molecule has 1 aromatic heterocycles. The summed E-state index contributed by atoms with van der Waals surface area (Å²) in [5.74, 6) is 3.04. The lowest BCUT2D eigenvalue weighted by Crippen LogP contribution is -2.36. The van der Waals surface area contributed by atoms with Gasteiger partial charge in [-0.1, -0.05) is 158 Å². The Hall–Kier alpha value is -5.80. The minimum absolute atomic E-state index is 0.696. The number of ether oxygens (including phenoxy) is 2. The zero-order valence-electron chi connectivity index (χ0n) is 24.5. The first kappa shape index (κ1) is 25.7. The molecular weight excluding hydrogens is 550 g/mol. The average molecular weight is 580 g/mol. The fraction of sp³-hybridized carbons (Fsp3) is 0.0476. The van der Waals surface area contributed by atoms with Crippen LogP contribution in [0.2, 0.25) is 0 Å². The van der Waals surface area contributed by atoms with Crippen molar-refractivity contribution in [1.29, 1.82) is 0 Å². The highest BCUT2D eigenvalue weighted by Crippen LogP contribution is 2.64. The van der Waals surface area contributed by atoms with Gasteiger partial charge in [-0.15, -0.1) is 0 Å². The van der Waals surface area contributed by atoms with E-state index >= 15 is 0 Å². The number of aromatic nitrogens is 1. The van der Waals surface area contributed by atoms with Gasteiger partial charge in [-0.05, 0) is 34.4 Å². The monoisotopic (exact) mass is 579 g/mol. The van der Waals surface area contributed by atoms with Crippen molar-refractivity contribution in [2.24, 2.45) is 0 Å². The Morgan fingerprint density at radius 1 is 0.333 bits per heavy atom. The van der Waals surface area contributed by atoms with Gasteiger partial charge in [-0.25, -0.2) is 0 Å². The highest BCUT2D eigenvalue weighted by Gasteiger charge is 2.54. The summed E-state index contributed by atoms with van der Waals surface area (Å²) in [4.78, 5) is 4.06. The van der Waals surface area contributed by atoms with Crippen molar-refractivity contribution in [3.05, 3.63) is 215 Å². The third-order valence-electron chi connectivity index (χ3n) is 9.49. The molecule has 0 saturated heterocycles. The summed E-state index contributed by atoms with van der Waals surface area (Å²) in [5, 5.41) is 0. The third-order valence-corrected chi connectivity index (χ3v) is 9.49. The Balaban J connectivity index is 1.47. The van der Waals surface area contributed by atoms with Crippen molar-refractivity contribution in [2.75, 3.05) is 0 Å². The SMILES string of the molecule is c1ccc(C2(c3ccccc3)c3ccccc3Oc3c2[nH]c2c3Oc3ccccc3C2(c2ccccc2)c2ccccc2)cc1. The predicted molar refractivity (Wildman–Crippen MR) is 178 cm³/mol. The molecule has 0 radical (unpaired) electrons. The molecule has 0 bridgehead atoms. The van der Waals surface area contributed by atoms with Crippen LogP contribution in [0.1, 0.15) is 44.8 Å². The molecule has 0 amide bonds. The van der Waals surface area contributed by atoms with Crippen molar-refractivity contribution >= 4 is 0 Å². The quantitative estimate of drug-likeness (QED) is 0.225. The lowest BCUT2D eigenvalue weighted by Gasteiger charge is -2.39. The zero-order valence-corrected chi connectivity index (χ0v) is 24.5. The van der Waals surface area contributed by atoms with E-state index in [1.54, 1.807) is 0 Å². The maximum atomic E-state index is 6.94. The molecule has 0 atom stereocenters. The number of aromatic amines is 1. The minimum Gasteiger partial charge on any atom is -0.451 e. The van der Waals surface area contributed by atoms with E-state index in [0.717, 1.165) is 56.3 Å². The van der Waals surface area contributed by atoms with Gasteiger partial charge < -0.3 is 14.5 Å². The van der Waals surface area contributed by atoms with Gasteiger partial charge >= 0.3 is 0 Å². The summed E-state index contributed by atoms with van der Waals surface area (Å²) in [7, 11) is 0. The summed E-state index contributed by atoms with van der Waals surface area (Å²) in [6.45, 7) is 0. The fourth-order valence-corrected chi connectivity index (χ4v) is 7.69. The molecule has 0 unspecified atom stereocenters. The van der Waals surface area contributed by atoms with Crippen LogP contribution < -0.4 is 9.47 Å². The largest absolute Gasteiger partial charge is 0.451 e. The van der Waals surface area contributed by atoms with Crippen LogP contribution in [0.15, 0.2) is 170 Å². The smallest absolute Gasteiger partial charge is 0.192 e.